The minimum Gasteiger partial charge on any atom is -0.307 e. The molecule has 0 fully saturated rings. The van der Waals surface area contributed by atoms with Gasteiger partial charge in [0.25, 0.3) is 0 Å². The summed E-state index contributed by atoms with van der Waals surface area (Å²) < 4.78 is 0.798. The van der Waals surface area contributed by atoms with Gasteiger partial charge in [-0.05, 0) is 25.8 Å². The number of carbonyl (C=O) groups is 1. The highest BCUT2D eigenvalue weighted by Crippen LogP contribution is 2.24. The van der Waals surface area contributed by atoms with Gasteiger partial charge in [0.15, 0.2) is 6.17 Å². The molecule has 3 unspecified atom stereocenters. The van der Waals surface area contributed by atoms with Gasteiger partial charge >= 0.3 is 0 Å². The fourth-order valence-corrected chi connectivity index (χ4v) is 3.25. The van der Waals surface area contributed by atoms with E-state index in [0.717, 1.165) is 24.0 Å². The third kappa shape index (κ3) is 5.24. The summed E-state index contributed by atoms with van der Waals surface area (Å²) in [4.78, 5) is 16.0. The zero-order valence-electron chi connectivity index (χ0n) is 14.8. The van der Waals surface area contributed by atoms with Gasteiger partial charge in [0.2, 0.25) is 12.1 Å². The van der Waals surface area contributed by atoms with Crippen LogP contribution in [0, 0.1) is 0 Å². The van der Waals surface area contributed by atoms with Gasteiger partial charge in [-0.1, -0.05) is 38.7 Å². The molecule has 22 heavy (non-hydrogen) atoms. The number of carbonyl (C=O) groups excluding carboxylic acids is 1. The molecule has 1 aliphatic heterocycles. The van der Waals surface area contributed by atoms with E-state index in [9.17, 15) is 4.79 Å². The van der Waals surface area contributed by atoms with E-state index in [-0.39, 0.29) is 18.2 Å². The minimum absolute atomic E-state index is 0.0315. The molecule has 0 aromatic heterocycles. The number of hydrogen-bond donors (Lipinski definition) is 1. The maximum atomic E-state index is 11.4. The number of rotatable bonds is 10. The smallest absolute Gasteiger partial charge is 0.221 e. The van der Waals surface area contributed by atoms with Gasteiger partial charge < -0.3 is 5.32 Å². The third-order valence-electron chi connectivity index (χ3n) is 4.76. The third-order valence-corrected chi connectivity index (χ3v) is 4.76. The highest BCUT2D eigenvalue weighted by Gasteiger charge is 2.41. The molecule has 0 aliphatic carbocycles. The van der Waals surface area contributed by atoms with Crippen molar-refractivity contribution in [2.24, 2.45) is 4.99 Å². The molecule has 0 radical (unpaired) electrons. The fourth-order valence-electron chi connectivity index (χ4n) is 3.25. The molecule has 0 saturated carbocycles. The van der Waals surface area contributed by atoms with E-state index < -0.39 is 0 Å². The monoisotopic (exact) mass is 308 g/mol. The lowest BCUT2D eigenvalue weighted by Crippen LogP contribution is -2.63. The molecule has 1 aliphatic rings. The second kappa shape index (κ2) is 9.78. The van der Waals surface area contributed by atoms with Crippen molar-refractivity contribution >= 4 is 12.1 Å². The molecule has 4 heteroatoms. The van der Waals surface area contributed by atoms with Crippen molar-refractivity contribution in [1.82, 2.24) is 5.32 Å². The van der Waals surface area contributed by atoms with Crippen molar-refractivity contribution in [1.29, 1.82) is 0 Å². The number of allylic oxidation sites excluding steroid dienone is 1. The molecule has 0 aromatic carbocycles. The number of aliphatic imine (C=N–C) groups is 1. The first-order valence-electron chi connectivity index (χ1n) is 8.88. The van der Waals surface area contributed by atoms with Gasteiger partial charge in [-0.25, -0.2) is 4.99 Å². The van der Waals surface area contributed by atoms with Crippen LogP contribution in [0.4, 0.5) is 0 Å². The van der Waals surface area contributed by atoms with Gasteiger partial charge in [-0.3, -0.25) is 9.28 Å². The lowest BCUT2D eigenvalue weighted by molar-refractivity contribution is -0.953. The Morgan fingerprint density at radius 3 is 2.73 bits per heavy atom. The summed E-state index contributed by atoms with van der Waals surface area (Å²) >= 11 is 0. The molecule has 1 amide bonds. The Kier molecular flexibility index (Phi) is 8.39. The molecule has 4 nitrogen and oxygen atoms in total. The standard InChI is InChI=1S/C18H33N3O/c1-5-7-8-9-10-11-12-13-18-19-14-15-21(18,6-2)16(3)20-17(4)22/h12-14,16,18H,5-11,15H2,1-4H3/p+1/b13-12+. The van der Waals surface area contributed by atoms with Crippen LogP contribution in [0.3, 0.4) is 0 Å². The summed E-state index contributed by atoms with van der Waals surface area (Å²) in [6.07, 6.45) is 14.5. The van der Waals surface area contributed by atoms with Crippen LogP contribution >= 0.6 is 0 Å². The van der Waals surface area contributed by atoms with E-state index in [0.29, 0.717) is 0 Å². The number of nitrogens with zero attached hydrogens (tertiary/aromatic N) is 2. The van der Waals surface area contributed by atoms with Crippen LogP contribution in [-0.2, 0) is 4.79 Å². The predicted octanol–water partition coefficient (Wildman–Crippen LogP) is 3.63. The lowest BCUT2D eigenvalue weighted by atomic mass is 10.1. The first kappa shape index (κ1) is 18.9. The molecule has 1 N–H and O–H groups in total. The summed E-state index contributed by atoms with van der Waals surface area (Å²) in [6.45, 7) is 9.96. The van der Waals surface area contributed by atoms with E-state index in [4.69, 9.17) is 0 Å². The second-order valence-corrected chi connectivity index (χ2v) is 6.35. The van der Waals surface area contributed by atoms with Crippen LogP contribution in [0.5, 0.6) is 0 Å². The summed E-state index contributed by atoms with van der Waals surface area (Å²) in [5, 5.41) is 3.05. The Hall–Kier alpha value is -1.16. The zero-order chi connectivity index (χ0) is 16.4. The molecule has 0 spiro atoms. The molecule has 126 valence electrons. The average molecular weight is 308 g/mol. The van der Waals surface area contributed by atoms with E-state index >= 15 is 0 Å². The van der Waals surface area contributed by atoms with Crippen LogP contribution in [0.15, 0.2) is 17.1 Å². The SMILES string of the molecule is CCCCCCC/C=C/C1N=CC[N+]1(CC)C(C)NC(C)=O. The van der Waals surface area contributed by atoms with Gasteiger partial charge in [-0.15, -0.1) is 0 Å². The topological polar surface area (TPSA) is 41.5 Å². The van der Waals surface area contributed by atoms with Gasteiger partial charge in [-0.2, -0.15) is 0 Å². The maximum absolute atomic E-state index is 11.4. The number of likely N-dealkylation sites (N-methyl/N-ethyl adjacent to an activating group) is 1. The molecular weight excluding hydrogens is 274 g/mol. The summed E-state index contributed by atoms with van der Waals surface area (Å²) in [5.41, 5.74) is 0. The van der Waals surface area contributed by atoms with Crippen molar-refractivity contribution < 1.29 is 9.28 Å². The Balaban J connectivity index is 2.52. The van der Waals surface area contributed by atoms with Crippen molar-refractivity contribution in [2.75, 3.05) is 13.1 Å². The Morgan fingerprint density at radius 1 is 1.36 bits per heavy atom. The number of hydrogen-bond acceptors (Lipinski definition) is 2. The van der Waals surface area contributed by atoms with Crippen molar-refractivity contribution in [3.05, 3.63) is 12.2 Å². The molecule has 3 atom stereocenters. The quantitative estimate of drug-likeness (QED) is 0.374. The van der Waals surface area contributed by atoms with Gasteiger partial charge in [0.05, 0.1) is 12.8 Å². The number of amides is 1. The Morgan fingerprint density at radius 2 is 2.09 bits per heavy atom. The number of unbranched alkanes of at least 4 members (excludes halogenated alkanes) is 5. The highest BCUT2D eigenvalue weighted by molar-refractivity contribution is 5.73. The molecule has 1 rings (SSSR count). The molecule has 0 saturated heterocycles. The minimum atomic E-state index is 0.0315. The summed E-state index contributed by atoms with van der Waals surface area (Å²) in [6, 6.07) is 0. The maximum Gasteiger partial charge on any atom is 0.221 e. The van der Waals surface area contributed by atoms with E-state index in [1.165, 1.54) is 32.1 Å². The van der Waals surface area contributed by atoms with Crippen LogP contribution in [0.25, 0.3) is 0 Å². The van der Waals surface area contributed by atoms with Crippen LogP contribution in [-0.4, -0.2) is 42.0 Å². The molecule has 0 bridgehead atoms. The zero-order valence-corrected chi connectivity index (χ0v) is 14.8. The van der Waals surface area contributed by atoms with Crippen molar-refractivity contribution in [2.45, 2.75) is 78.6 Å². The van der Waals surface area contributed by atoms with E-state index in [1.807, 2.05) is 6.21 Å². The highest BCUT2D eigenvalue weighted by atomic mass is 16.1. The first-order chi connectivity index (χ1) is 10.6. The largest absolute Gasteiger partial charge is 0.307 e. The van der Waals surface area contributed by atoms with E-state index in [1.54, 1.807) is 6.92 Å². The summed E-state index contributed by atoms with van der Waals surface area (Å²) in [7, 11) is 0. The summed E-state index contributed by atoms with van der Waals surface area (Å²) in [5.74, 6) is 0.0315. The first-order valence-corrected chi connectivity index (χ1v) is 8.88. The molecule has 1 heterocycles. The Labute approximate surface area is 136 Å². The lowest BCUT2D eigenvalue weighted by Gasteiger charge is -2.41. The molecular formula is C18H34N3O+. The van der Waals surface area contributed by atoms with Gasteiger partial charge in [0.1, 0.15) is 6.54 Å². The molecule has 0 aromatic rings. The van der Waals surface area contributed by atoms with E-state index in [2.05, 4.69) is 43.2 Å². The van der Waals surface area contributed by atoms with Crippen LogP contribution < -0.4 is 5.32 Å². The fraction of sp³-hybridized carbons (Fsp3) is 0.778. The van der Waals surface area contributed by atoms with Crippen LogP contribution in [0.1, 0.15) is 66.2 Å². The normalized spacial score (nSPS) is 25.7. The van der Waals surface area contributed by atoms with Crippen molar-refractivity contribution in [3.63, 3.8) is 0 Å². The second-order valence-electron chi connectivity index (χ2n) is 6.35. The number of nitrogens with one attached hydrogen (secondary N) is 1. The van der Waals surface area contributed by atoms with Crippen molar-refractivity contribution in [3.8, 4) is 0 Å². The average Bonchev–Trinajstić information content (AvgIpc) is 2.90. The van der Waals surface area contributed by atoms with Gasteiger partial charge in [0, 0.05) is 13.8 Å². The predicted molar refractivity (Wildman–Crippen MR) is 93.7 cm³/mol. The number of quaternary nitrogens is 1. The van der Waals surface area contributed by atoms with Crippen LogP contribution in [0.2, 0.25) is 0 Å². The Bertz CT molecular complexity index is 392.